The zero-order valence-electron chi connectivity index (χ0n) is 12.0. The van der Waals surface area contributed by atoms with Crippen LogP contribution in [0.25, 0.3) is 0 Å². The Hall–Kier alpha value is -0.450. The number of halogens is 2. The quantitative estimate of drug-likeness (QED) is 0.809. The molecule has 1 aromatic carbocycles. The summed E-state index contributed by atoms with van der Waals surface area (Å²) in [7, 11) is 0. The minimum Gasteiger partial charge on any atom is -0.381 e. The summed E-state index contributed by atoms with van der Waals surface area (Å²) in [6.07, 6.45) is 4.22. The Kier molecular flexibility index (Phi) is 6.46. The highest BCUT2D eigenvalue weighted by molar-refractivity contribution is 9.10. The average Bonchev–Trinajstić information content (AvgIpc) is 2.94. The van der Waals surface area contributed by atoms with Crippen LogP contribution >= 0.6 is 15.9 Å². The summed E-state index contributed by atoms with van der Waals surface area (Å²) in [6.45, 7) is 4.93. The Labute approximate surface area is 129 Å². The van der Waals surface area contributed by atoms with Crippen molar-refractivity contribution in [1.29, 1.82) is 0 Å². The smallest absolute Gasteiger partial charge is 0.137 e. The van der Waals surface area contributed by atoms with Crippen molar-refractivity contribution in [2.45, 2.75) is 38.6 Å². The molecular weight excluding hydrogens is 321 g/mol. The average molecular weight is 344 g/mol. The van der Waals surface area contributed by atoms with E-state index in [0.29, 0.717) is 16.4 Å². The van der Waals surface area contributed by atoms with Gasteiger partial charge in [0.2, 0.25) is 0 Å². The lowest BCUT2D eigenvalue weighted by atomic mass is 9.94. The van der Waals surface area contributed by atoms with Gasteiger partial charge in [-0.2, -0.15) is 0 Å². The highest BCUT2D eigenvalue weighted by Gasteiger charge is 2.21. The van der Waals surface area contributed by atoms with Crippen molar-refractivity contribution in [2.75, 3.05) is 19.8 Å². The van der Waals surface area contributed by atoms with Crippen molar-refractivity contribution in [1.82, 2.24) is 5.32 Å². The van der Waals surface area contributed by atoms with E-state index in [1.54, 1.807) is 6.07 Å². The van der Waals surface area contributed by atoms with E-state index in [1.165, 1.54) is 6.07 Å². The van der Waals surface area contributed by atoms with Crippen molar-refractivity contribution >= 4 is 15.9 Å². The van der Waals surface area contributed by atoms with E-state index in [4.69, 9.17) is 4.74 Å². The molecule has 1 saturated heterocycles. The maximum Gasteiger partial charge on any atom is 0.137 e. The zero-order valence-corrected chi connectivity index (χ0v) is 13.6. The third-order valence-corrected chi connectivity index (χ3v) is 4.71. The predicted octanol–water partition coefficient (Wildman–Crippen LogP) is 3.93. The second-order valence-corrected chi connectivity index (χ2v) is 6.33. The summed E-state index contributed by atoms with van der Waals surface area (Å²) in [5.74, 6) is 0.456. The third-order valence-electron chi connectivity index (χ3n) is 3.82. The number of ether oxygens (including phenoxy) is 1. The summed E-state index contributed by atoms with van der Waals surface area (Å²) >= 11 is 3.36. The Morgan fingerprint density at radius 1 is 1.50 bits per heavy atom. The van der Waals surface area contributed by atoms with E-state index in [9.17, 15) is 4.39 Å². The summed E-state index contributed by atoms with van der Waals surface area (Å²) in [4.78, 5) is 0. The van der Waals surface area contributed by atoms with Gasteiger partial charge < -0.3 is 10.1 Å². The lowest BCUT2D eigenvalue weighted by molar-refractivity contribution is 0.181. The highest BCUT2D eigenvalue weighted by Crippen LogP contribution is 2.25. The van der Waals surface area contributed by atoms with Crippen LogP contribution in [0.5, 0.6) is 0 Å². The lowest BCUT2D eigenvalue weighted by Crippen LogP contribution is -2.34. The molecule has 1 N–H and O–H groups in total. The first-order valence-electron chi connectivity index (χ1n) is 7.44. The van der Waals surface area contributed by atoms with Crippen molar-refractivity contribution < 1.29 is 9.13 Å². The first-order chi connectivity index (χ1) is 9.70. The van der Waals surface area contributed by atoms with Crippen LogP contribution in [0.2, 0.25) is 0 Å². The molecular formula is C16H23BrFNO. The van der Waals surface area contributed by atoms with Gasteiger partial charge in [0.1, 0.15) is 5.82 Å². The van der Waals surface area contributed by atoms with Crippen molar-refractivity contribution in [2.24, 2.45) is 5.92 Å². The van der Waals surface area contributed by atoms with Gasteiger partial charge in [0.15, 0.2) is 0 Å². The SMILES string of the molecule is CCCNC(Cc1cccc(F)c1Br)CC1CCOC1. The number of benzene rings is 1. The fraction of sp³-hybridized carbons (Fsp3) is 0.625. The van der Waals surface area contributed by atoms with Crippen LogP contribution in [0, 0.1) is 11.7 Å². The monoisotopic (exact) mass is 343 g/mol. The molecule has 0 bridgehead atoms. The molecule has 0 aromatic heterocycles. The molecule has 0 spiro atoms. The van der Waals surface area contributed by atoms with E-state index in [-0.39, 0.29) is 5.82 Å². The lowest BCUT2D eigenvalue weighted by Gasteiger charge is -2.22. The Morgan fingerprint density at radius 3 is 3.05 bits per heavy atom. The molecule has 0 saturated carbocycles. The van der Waals surface area contributed by atoms with Crippen LogP contribution in [0.4, 0.5) is 4.39 Å². The van der Waals surface area contributed by atoms with E-state index >= 15 is 0 Å². The Balaban J connectivity index is 1.99. The fourth-order valence-electron chi connectivity index (χ4n) is 2.73. The summed E-state index contributed by atoms with van der Waals surface area (Å²) in [5.41, 5.74) is 1.04. The van der Waals surface area contributed by atoms with Gasteiger partial charge in [0.05, 0.1) is 4.47 Å². The maximum atomic E-state index is 13.6. The molecule has 2 rings (SSSR count). The van der Waals surface area contributed by atoms with Crippen LogP contribution in [0.3, 0.4) is 0 Å². The maximum absolute atomic E-state index is 13.6. The van der Waals surface area contributed by atoms with Crippen LogP contribution in [-0.4, -0.2) is 25.8 Å². The first kappa shape index (κ1) is 15.9. The highest BCUT2D eigenvalue weighted by atomic mass is 79.9. The number of hydrogen-bond acceptors (Lipinski definition) is 2. The molecule has 0 aliphatic carbocycles. The standard InChI is InChI=1S/C16H23BrFNO/c1-2-7-19-14(9-12-6-8-20-11-12)10-13-4-3-5-15(18)16(13)17/h3-5,12,14,19H,2,6-11H2,1H3. The van der Waals surface area contributed by atoms with E-state index in [2.05, 4.69) is 28.2 Å². The molecule has 1 fully saturated rings. The van der Waals surface area contributed by atoms with Gasteiger partial charge in [-0.15, -0.1) is 0 Å². The molecule has 2 unspecified atom stereocenters. The molecule has 20 heavy (non-hydrogen) atoms. The molecule has 2 nitrogen and oxygen atoms in total. The third kappa shape index (κ3) is 4.54. The molecule has 1 aliphatic heterocycles. The van der Waals surface area contributed by atoms with E-state index in [0.717, 1.165) is 51.0 Å². The number of hydrogen-bond donors (Lipinski definition) is 1. The van der Waals surface area contributed by atoms with Crippen LogP contribution < -0.4 is 5.32 Å². The van der Waals surface area contributed by atoms with E-state index in [1.807, 2.05) is 6.07 Å². The van der Waals surface area contributed by atoms with Gasteiger partial charge in [-0.25, -0.2) is 4.39 Å². The normalized spacial score (nSPS) is 20.2. The number of nitrogens with one attached hydrogen (secondary N) is 1. The minimum absolute atomic E-state index is 0.180. The van der Waals surface area contributed by atoms with Gasteiger partial charge in [-0.1, -0.05) is 19.1 Å². The predicted molar refractivity (Wildman–Crippen MR) is 83.4 cm³/mol. The number of rotatable bonds is 7. The van der Waals surface area contributed by atoms with Gasteiger partial charge in [-0.05, 0) is 65.7 Å². The fourth-order valence-corrected chi connectivity index (χ4v) is 3.16. The molecule has 4 heteroatoms. The van der Waals surface area contributed by atoms with Gasteiger partial charge in [-0.3, -0.25) is 0 Å². The summed E-state index contributed by atoms with van der Waals surface area (Å²) in [5, 5.41) is 3.59. The molecule has 1 aromatic rings. The molecule has 0 amide bonds. The summed E-state index contributed by atoms with van der Waals surface area (Å²) < 4.78 is 19.7. The Bertz CT molecular complexity index is 421. The van der Waals surface area contributed by atoms with Crippen molar-refractivity contribution in [3.8, 4) is 0 Å². The van der Waals surface area contributed by atoms with Gasteiger partial charge >= 0.3 is 0 Å². The molecule has 2 atom stereocenters. The Morgan fingerprint density at radius 2 is 2.35 bits per heavy atom. The van der Waals surface area contributed by atoms with Gasteiger partial charge in [0.25, 0.3) is 0 Å². The largest absolute Gasteiger partial charge is 0.381 e. The van der Waals surface area contributed by atoms with Crippen molar-refractivity contribution in [3.63, 3.8) is 0 Å². The molecule has 0 radical (unpaired) electrons. The zero-order chi connectivity index (χ0) is 14.4. The molecule has 1 heterocycles. The first-order valence-corrected chi connectivity index (χ1v) is 8.24. The van der Waals surface area contributed by atoms with Crippen LogP contribution in [0.15, 0.2) is 22.7 Å². The van der Waals surface area contributed by atoms with Crippen molar-refractivity contribution in [3.05, 3.63) is 34.1 Å². The second kappa shape index (κ2) is 8.11. The van der Waals surface area contributed by atoms with Crippen LogP contribution in [-0.2, 0) is 11.2 Å². The van der Waals surface area contributed by atoms with Crippen LogP contribution in [0.1, 0.15) is 31.7 Å². The minimum atomic E-state index is -0.180. The molecule has 112 valence electrons. The topological polar surface area (TPSA) is 21.3 Å². The van der Waals surface area contributed by atoms with Gasteiger partial charge in [0, 0.05) is 19.3 Å². The second-order valence-electron chi connectivity index (χ2n) is 5.53. The molecule has 1 aliphatic rings. The summed E-state index contributed by atoms with van der Waals surface area (Å²) in [6, 6.07) is 5.66. The van der Waals surface area contributed by atoms with E-state index < -0.39 is 0 Å².